The molecule has 9 heteroatoms. The molecule has 0 aliphatic rings. The average Bonchev–Trinajstić information content (AvgIpc) is 2.44. The fourth-order valence-electron chi connectivity index (χ4n) is 1.17. The molecule has 4 unspecified atom stereocenters. The molecular weight excluding hydrogens is 298 g/mol. The van der Waals surface area contributed by atoms with Gasteiger partial charge in [-0.15, -0.1) is 0 Å². The second kappa shape index (κ2) is 10.1. The zero-order chi connectivity index (χ0) is 17.3. The highest BCUT2D eigenvalue weighted by atomic mass is 16.8. The summed E-state index contributed by atoms with van der Waals surface area (Å²) in [5.41, 5.74) is 0.197. The van der Waals surface area contributed by atoms with Gasteiger partial charge in [-0.3, -0.25) is 5.32 Å². The Kier molecular flexibility index (Phi) is 9.34. The van der Waals surface area contributed by atoms with Crippen LogP contribution in [0.5, 0.6) is 0 Å². The van der Waals surface area contributed by atoms with Crippen LogP contribution in [0.1, 0.15) is 27.2 Å². The molecule has 0 aromatic rings. The van der Waals surface area contributed by atoms with Crippen molar-refractivity contribution in [2.75, 3.05) is 6.61 Å². The lowest BCUT2D eigenvalue weighted by Gasteiger charge is -2.23. The number of ether oxygens (including phenoxy) is 3. The fraction of sp³-hybridized carbons (Fsp3) is 0.692. The summed E-state index contributed by atoms with van der Waals surface area (Å²) in [5.74, 6) is -0.645. The van der Waals surface area contributed by atoms with E-state index >= 15 is 0 Å². The number of hydrogen-bond donors (Lipinski definition) is 4. The molecule has 0 rings (SSSR count). The Morgan fingerprint density at radius 1 is 1.27 bits per heavy atom. The Balaban J connectivity index is 4.33. The quantitative estimate of drug-likeness (QED) is 0.256. The van der Waals surface area contributed by atoms with Gasteiger partial charge < -0.3 is 29.5 Å². The zero-order valence-corrected chi connectivity index (χ0v) is 12.8. The molecule has 1 amide bonds. The third-order valence-corrected chi connectivity index (χ3v) is 2.35. The van der Waals surface area contributed by atoms with Gasteiger partial charge in [-0.1, -0.05) is 13.5 Å². The highest BCUT2D eigenvalue weighted by Crippen LogP contribution is 2.08. The Bertz CT molecular complexity index is 386. The van der Waals surface area contributed by atoms with E-state index in [1.165, 1.54) is 13.8 Å². The van der Waals surface area contributed by atoms with Crippen LogP contribution in [0.15, 0.2) is 12.2 Å². The minimum Gasteiger partial charge on any atom is -0.433 e. The van der Waals surface area contributed by atoms with Crippen molar-refractivity contribution in [1.29, 1.82) is 0 Å². The number of aliphatic hydroxyl groups is 3. The van der Waals surface area contributed by atoms with E-state index in [9.17, 15) is 14.7 Å². The average molecular weight is 321 g/mol. The first kappa shape index (κ1) is 20.3. The first-order valence-electron chi connectivity index (χ1n) is 6.67. The van der Waals surface area contributed by atoms with Crippen molar-refractivity contribution < 1.29 is 39.1 Å². The molecule has 0 saturated carbocycles. The number of nitrogens with one attached hydrogen (secondary N) is 1. The third-order valence-electron chi connectivity index (χ3n) is 2.35. The second-order valence-electron chi connectivity index (χ2n) is 4.47. The monoisotopic (exact) mass is 321 g/mol. The number of rotatable bonds is 9. The van der Waals surface area contributed by atoms with Crippen LogP contribution < -0.4 is 5.32 Å². The minimum atomic E-state index is -1.69. The maximum Gasteiger partial charge on any atom is 0.411 e. The van der Waals surface area contributed by atoms with E-state index in [2.05, 4.69) is 6.58 Å². The molecule has 9 nitrogen and oxygen atoms in total. The largest absolute Gasteiger partial charge is 0.433 e. The van der Waals surface area contributed by atoms with Gasteiger partial charge in [0.05, 0.1) is 6.61 Å². The van der Waals surface area contributed by atoms with E-state index < -0.39 is 43.6 Å². The summed E-state index contributed by atoms with van der Waals surface area (Å²) in [6.45, 7) is 7.26. The number of carbonyl (C=O) groups is 2. The van der Waals surface area contributed by atoms with Gasteiger partial charge in [0.2, 0.25) is 12.6 Å². The van der Waals surface area contributed by atoms with E-state index in [0.29, 0.717) is 0 Å². The maximum atomic E-state index is 11.5. The van der Waals surface area contributed by atoms with Gasteiger partial charge in [-0.2, -0.15) is 0 Å². The van der Waals surface area contributed by atoms with Crippen molar-refractivity contribution in [3.63, 3.8) is 0 Å². The predicted molar refractivity (Wildman–Crippen MR) is 74.2 cm³/mol. The van der Waals surface area contributed by atoms with E-state index in [1.807, 2.05) is 5.32 Å². The summed E-state index contributed by atoms with van der Waals surface area (Å²) >= 11 is 0. The summed E-state index contributed by atoms with van der Waals surface area (Å²) in [7, 11) is 0. The van der Waals surface area contributed by atoms with E-state index in [4.69, 9.17) is 24.4 Å². The van der Waals surface area contributed by atoms with Crippen molar-refractivity contribution in [2.24, 2.45) is 0 Å². The molecule has 0 radical (unpaired) electrons. The van der Waals surface area contributed by atoms with E-state index in [0.717, 1.165) is 0 Å². The molecule has 0 aliphatic carbocycles. The van der Waals surface area contributed by atoms with Crippen LogP contribution in [0.4, 0.5) is 4.79 Å². The zero-order valence-electron chi connectivity index (χ0n) is 12.8. The Morgan fingerprint density at radius 2 is 1.86 bits per heavy atom. The number of amides is 1. The van der Waals surface area contributed by atoms with Crippen LogP contribution in [-0.4, -0.2) is 58.9 Å². The molecule has 0 aromatic heterocycles. The van der Waals surface area contributed by atoms with Gasteiger partial charge in [0.25, 0.3) is 0 Å². The van der Waals surface area contributed by atoms with Crippen LogP contribution in [0.2, 0.25) is 0 Å². The topological polar surface area (TPSA) is 135 Å². The van der Waals surface area contributed by atoms with Crippen molar-refractivity contribution in [2.45, 2.75) is 52.1 Å². The summed E-state index contributed by atoms with van der Waals surface area (Å²) in [4.78, 5) is 22.8. The van der Waals surface area contributed by atoms with Crippen molar-refractivity contribution in [1.82, 2.24) is 5.32 Å². The van der Waals surface area contributed by atoms with Crippen LogP contribution in [0.25, 0.3) is 0 Å². The molecule has 0 aliphatic heterocycles. The molecule has 4 atom stereocenters. The minimum absolute atomic E-state index is 0.197. The molecule has 0 bridgehead atoms. The van der Waals surface area contributed by atoms with Gasteiger partial charge in [-0.05, 0) is 13.8 Å². The Morgan fingerprint density at radius 3 is 2.32 bits per heavy atom. The number of hydrogen-bond acceptors (Lipinski definition) is 8. The molecule has 128 valence electrons. The van der Waals surface area contributed by atoms with Gasteiger partial charge in [0.1, 0.15) is 6.10 Å². The Hall–Kier alpha value is -1.68. The van der Waals surface area contributed by atoms with E-state index in [-0.39, 0.29) is 12.0 Å². The highest BCUT2D eigenvalue weighted by molar-refractivity contribution is 5.86. The van der Waals surface area contributed by atoms with Gasteiger partial charge in [0, 0.05) is 12.0 Å². The first-order valence-corrected chi connectivity index (χ1v) is 6.67. The lowest BCUT2D eigenvalue weighted by atomic mass is 10.3. The molecule has 0 fully saturated rings. The number of aliphatic hydroxyl groups excluding tert-OH is 3. The SMILES string of the molecule is C=C(C)C(=O)OC(C)OC(CC)OC(=O)NC(O)C(O)CO. The van der Waals surface area contributed by atoms with Crippen LogP contribution >= 0.6 is 0 Å². The van der Waals surface area contributed by atoms with E-state index in [1.54, 1.807) is 6.92 Å². The molecule has 0 spiro atoms. The van der Waals surface area contributed by atoms with Crippen molar-refractivity contribution in [3.8, 4) is 0 Å². The molecule has 0 aromatic carbocycles. The smallest absolute Gasteiger partial charge is 0.411 e. The van der Waals surface area contributed by atoms with Crippen LogP contribution in [0.3, 0.4) is 0 Å². The standard InChI is InChI=1S/C13H23NO8/c1-5-10(20-8(4)21-12(18)7(2)3)22-13(19)14-11(17)9(16)6-15/h8-11,15-17H,2,5-6H2,1,3-4H3,(H,14,19). The van der Waals surface area contributed by atoms with Crippen LogP contribution in [-0.2, 0) is 19.0 Å². The maximum absolute atomic E-state index is 11.5. The lowest BCUT2D eigenvalue weighted by molar-refractivity contribution is -0.218. The summed E-state index contributed by atoms with van der Waals surface area (Å²) in [6.07, 6.45) is -6.05. The second-order valence-corrected chi connectivity index (χ2v) is 4.47. The molecule has 0 saturated heterocycles. The molecule has 0 heterocycles. The normalized spacial score (nSPS) is 16.1. The van der Waals surface area contributed by atoms with Gasteiger partial charge in [-0.25, -0.2) is 9.59 Å². The fourth-order valence-corrected chi connectivity index (χ4v) is 1.17. The first-order chi connectivity index (χ1) is 10.2. The molecular formula is C13H23NO8. The summed E-state index contributed by atoms with van der Waals surface area (Å²) in [5, 5.41) is 28.9. The van der Waals surface area contributed by atoms with Gasteiger partial charge in [0.15, 0.2) is 6.23 Å². The number of alkyl carbamates (subject to hydrolysis) is 1. The number of esters is 1. The Labute approximate surface area is 128 Å². The molecule has 4 N–H and O–H groups in total. The van der Waals surface area contributed by atoms with Gasteiger partial charge >= 0.3 is 12.1 Å². The third kappa shape index (κ3) is 7.93. The summed E-state index contributed by atoms with van der Waals surface area (Å²) in [6, 6.07) is 0. The number of carbonyl (C=O) groups excluding carboxylic acids is 2. The predicted octanol–water partition coefficient (Wildman–Crippen LogP) is -0.398. The summed E-state index contributed by atoms with van der Waals surface area (Å²) < 4.78 is 14.9. The lowest BCUT2D eigenvalue weighted by Crippen LogP contribution is -2.46. The van der Waals surface area contributed by atoms with Crippen molar-refractivity contribution in [3.05, 3.63) is 12.2 Å². The highest BCUT2D eigenvalue weighted by Gasteiger charge is 2.22. The van der Waals surface area contributed by atoms with Crippen molar-refractivity contribution >= 4 is 12.1 Å². The molecule has 22 heavy (non-hydrogen) atoms. The van der Waals surface area contributed by atoms with Crippen LogP contribution in [0, 0.1) is 0 Å².